The summed E-state index contributed by atoms with van der Waals surface area (Å²) < 4.78 is 20.5. The number of hydrogen-bond acceptors (Lipinski definition) is 4. The predicted octanol–water partition coefficient (Wildman–Crippen LogP) is -1.59. The Morgan fingerprint density at radius 1 is 1.60 bits per heavy atom. The van der Waals surface area contributed by atoms with Gasteiger partial charge in [0, 0.05) is 13.0 Å². The van der Waals surface area contributed by atoms with E-state index < -0.39 is 15.1 Å². The maximum atomic E-state index is 10.5. The molecule has 0 saturated heterocycles. The lowest BCUT2D eigenvalue weighted by Gasteiger charge is -1.95. The van der Waals surface area contributed by atoms with Crippen LogP contribution in [-0.4, -0.2) is 27.1 Å². The third-order valence-electron chi connectivity index (χ3n) is 0.896. The first kappa shape index (κ1) is 9.54. The standard InChI is InChI=1S/C4H10N2O3S/c1-6-3-2-4(7)10(5,8)9/h6H,2-3H2,1H3,(H2,5,8,9). The van der Waals surface area contributed by atoms with Gasteiger partial charge in [-0.15, -0.1) is 0 Å². The predicted molar refractivity (Wildman–Crippen MR) is 36.7 cm³/mol. The van der Waals surface area contributed by atoms with E-state index in [9.17, 15) is 13.2 Å². The normalized spacial score (nSPS) is 11.4. The molecule has 0 aliphatic rings. The fourth-order valence-corrected chi connectivity index (χ4v) is 0.756. The molecule has 0 aromatic carbocycles. The van der Waals surface area contributed by atoms with Crippen LogP contribution >= 0.6 is 0 Å². The molecule has 0 saturated carbocycles. The van der Waals surface area contributed by atoms with E-state index in [0.29, 0.717) is 6.54 Å². The van der Waals surface area contributed by atoms with Gasteiger partial charge in [0.2, 0.25) is 0 Å². The third kappa shape index (κ3) is 3.54. The van der Waals surface area contributed by atoms with Crippen LogP contribution in [0.3, 0.4) is 0 Å². The van der Waals surface area contributed by atoms with Crippen molar-refractivity contribution >= 4 is 15.1 Å². The molecule has 3 N–H and O–H groups in total. The van der Waals surface area contributed by atoms with Gasteiger partial charge < -0.3 is 5.32 Å². The van der Waals surface area contributed by atoms with E-state index in [2.05, 4.69) is 10.5 Å². The summed E-state index contributed by atoms with van der Waals surface area (Å²) in [6.07, 6.45) is -0.0741. The Bertz CT molecular complexity index is 209. The minimum absolute atomic E-state index is 0.0741. The van der Waals surface area contributed by atoms with Crippen molar-refractivity contribution in [3.8, 4) is 0 Å². The Labute approximate surface area is 59.6 Å². The topological polar surface area (TPSA) is 89.3 Å². The molecule has 10 heavy (non-hydrogen) atoms. The summed E-state index contributed by atoms with van der Waals surface area (Å²) in [6.45, 7) is 0.329. The monoisotopic (exact) mass is 166 g/mol. The Morgan fingerprint density at radius 2 is 2.10 bits per heavy atom. The molecule has 6 heteroatoms. The van der Waals surface area contributed by atoms with Crippen molar-refractivity contribution in [1.82, 2.24) is 5.32 Å². The molecule has 0 atom stereocenters. The first-order chi connectivity index (χ1) is 4.48. The van der Waals surface area contributed by atoms with Crippen molar-refractivity contribution in [3.05, 3.63) is 0 Å². The van der Waals surface area contributed by atoms with E-state index in [-0.39, 0.29) is 6.42 Å². The fourth-order valence-electron chi connectivity index (χ4n) is 0.369. The molecule has 0 aromatic rings. The van der Waals surface area contributed by atoms with Gasteiger partial charge in [-0.2, -0.15) is 0 Å². The van der Waals surface area contributed by atoms with Crippen molar-refractivity contribution in [3.63, 3.8) is 0 Å². The lowest BCUT2D eigenvalue weighted by Crippen LogP contribution is -2.26. The van der Waals surface area contributed by atoms with Gasteiger partial charge in [0.05, 0.1) is 0 Å². The number of sulfonamides is 1. The first-order valence-corrected chi connectivity index (χ1v) is 4.23. The Hall–Kier alpha value is -0.460. The second-order valence-electron chi connectivity index (χ2n) is 1.77. The summed E-state index contributed by atoms with van der Waals surface area (Å²) in [4.78, 5) is 10.5. The molecule has 0 aliphatic heterocycles. The smallest absolute Gasteiger partial charge is 0.272 e. The molecule has 0 heterocycles. The van der Waals surface area contributed by atoms with Crippen molar-refractivity contribution < 1.29 is 13.2 Å². The number of hydrogen-bond donors (Lipinski definition) is 2. The fraction of sp³-hybridized carbons (Fsp3) is 0.750. The maximum absolute atomic E-state index is 10.5. The van der Waals surface area contributed by atoms with Gasteiger partial charge in [-0.3, -0.25) is 4.79 Å². The van der Waals surface area contributed by atoms with Crippen LogP contribution < -0.4 is 10.5 Å². The molecular weight excluding hydrogens is 156 g/mol. The van der Waals surface area contributed by atoms with Crippen molar-refractivity contribution in [1.29, 1.82) is 0 Å². The number of nitrogens with one attached hydrogen (secondary N) is 1. The summed E-state index contributed by atoms with van der Waals surface area (Å²) in [7, 11) is -2.33. The molecule has 0 aliphatic carbocycles. The molecule has 0 aromatic heterocycles. The number of carbonyl (C=O) groups is 1. The molecular formula is C4H10N2O3S. The van der Waals surface area contributed by atoms with Crippen LogP contribution in [0.5, 0.6) is 0 Å². The molecule has 0 spiro atoms. The van der Waals surface area contributed by atoms with E-state index in [0.717, 1.165) is 0 Å². The van der Waals surface area contributed by atoms with Gasteiger partial charge in [0.25, 0.3) is 15.1 Å². The maximum Gasteiger partial charge on any atom is 0.272 e. The van der Waals surface area contributed by atoms with Crippen LogP contribution in [0.1, 0.15) is 6.42 Å². The molecule has 0 bridgehead atoms. The van der Waals surface area contributed by atoms with E-state index in [1.165, 1.54) is 0 Å². The SMILES string of the molecule is CNCCC(=O)S(N)(=O)=O. The number of primary sulfonamides is 1. The molecule has 5 nitrogen and oxygen atoms in total. The highest BCUT2D eigenvalue weighted by Crippen LogP contribution is 1.86. The van der Waals surface area contributed by atoms with Gasteiger partial charge in [-0.25, -0.2) is 13.6 Å². The Balaban J connectivity index is 3.88. The second-order valence-corrected chi connectivity index (χ2v) is 3.32. The Morgan fingerprint density at radius 3 is 2.40 bits per heavy atom. The van der Waals surface area contributed by atoms with Crippen LogP contribution in [0, 0.1) is 0 Å². The van der Waals surface area contributed by atoms with Crippen LogP contribution in [0.15, 0.2) is 0 Å². The van der Waals surface area contributed by atoms with E-state index in [4.69, 9.17) is 0 Å². The van der Waals surface area contributed by atoms with E-state index >= 15 is 0 Å². The summed E-state index contributed by atoms with van der Waals surface area (Å²) in [5, 5.41) is 6.22. The molecule has 0 unspecified atom stereocenters. The minimum Gasteiger partial charge on any atom is -0.319 e. The summed E-state index contributed by atoms with van der Waals surface area (Å²) in [5.74, 6) is 0. The van der Waals surface area contributed by atoms with Crippen LogP contribution in [0.25, 0.3) is 0 Å². The second kappa shape index (κ2) is 3.65. The molecule has 0 amide bonds. The van der Waals surface area contributed by atoms with Gasteiger partial charge >= 0.3 is 0 Å². The lowest BCUT2D eigenvalue weighted by molar-refractivity contribution is -0.111. The lowest BCUT2D eigenvalue weighted by atomic mass is 10.5. The zero-order chi connectivity index (χ0) is 8.20. The highest BCUT2D eigenvalue weighted by Gasteiger charge is 2.14. The number of carbonyl (C=O) groups excluding carboxylic acids is 1. The van der Waals surface area contributed by atoms with E-state index in [1.807, 2.05) is 0 Å². The number of rotatable bonds is 3. The molecule has 0 rings (SSSR count). The van der Waals surface area contributed by atoms with E-state index in [1.54, 1.807) is 7.05 Å². The summed E-state index contributed by atoms with van der Waals surface area (Å²) in [6, 6.07) is 0. The van der Waals surface area contributed by atoms with Gasteiger partial charge in [0.15, 0.2) is 0 Å². The highest BCUT2D eigenvalue weighted by atomic mass is 32.2. The van der Waals surface area contributed by atoms with Crippen molar-refractivity contribution in [2.45, 2.75) is 6.42 Å². The minimum atomic E-state index is -3.95. The van der Waals surface area contributed by atoms with Gasteiger partial charge in [-0.05, 0) is 7.05 Å². The Kier molecular flexibility index (Phi) is 3.48. The summed E-state index contributed by atoms with van der Waals surface area (Å²) in [5.41, 5.74) is 0. The van der Waals surface area contributed by atoms with Crippen LogP contribution in [0.2, 0.25) is 0 Å². The average molecular weight is 166 g/mol. The quantitative estimate of drug-likeness (QED) is 0.529. The van der Waals surface area contributed by atoms with Crippen LogP contribution in [-0.2, 0) is 14.8 Å². The van der Waals surface area contributed by atoms with Crippen molar-refractivity contribution in [2.24, 2.45) is 5.14 Å². The average Bonchev–Trinajstić information content (AvgIpc) is 1.80. The molecule has 60 valence electrons. The number of nitrogens with two attached hydrogens (primary N) is 1. The zero-order valence-corrected chi connectivity index (χ0v) is 6.44. The first-order valence-electron chi connectivity index (χ1n) is 2.68. The zero-order valence-electron chi connectivity index (χ0n) is 5.62. The van der Waals surface area contributed by atoms with Gasteiger partial charge in [-0.1, -0.05) is 0 Å². The summed E-state index contributed by atoms with van der Waals surface area (Å²) >= 11 is 0. The largest absolute Gasteiger partial charge is 0.319 e. The van der Waals surface area contributed by atoms with Crippen LogP contribution in [0.4, 0.5) is 0 Å². The molecule has 0 radical (unpaired) electrons. The third-order valence-corrected chi connectivity index (χ3v) is 1.74. The highest BCUT2D eigenvalue weighted by molar-refractivity contribution is 8.04. The van der Waals surface area contributed by atoms with Gasteiger partial charge in [0.1, 0.15) is 0 Å². The molecule has 0 fully saturated rings. The van der Waals surface area contributed by atoms with Crippen molar-refractivity contribution in [2.75, 3.05) is 13.6 Å².